The van der Waals surface area contributed by atoms with Gasteiger partial charge in [-0.15, -0.1) is 0 Å². The van der Waals surface area contributed by atoms with Crippen LogP contribution in [0.2, 0.25) is 0 Å². The second-order valence-corrected chi connectivity index (χ2v) is 12.0. The molecule has 6 N–H and O–H groups in total. The molecule has 0 radical (unpaired) electrons. The number of amides is 1. The first kappa shape index (κ1) is 28.4. The number of hydrogen-bond donors (Lipinski definition) is 5. The third-order valence-corrected chi connectivity index (χ3v) is 9.63. The summed E-state index contributed by atoms with van der Waals surface area (Å²) < 4.78 is 5.86. The summed E-state index contributed by atoms with van der Waals surface area (Å²) in [7, 11) is 8.73. The van der Waals surface area contributed by atoms with Crippen LogP contribution in [-0.4, -0.2) is 99.8 Å². The number of nitrogens with two attached hydrogens (primary N) is 1. The molecule has 4 aliphatic rings. The second kappa shape index (κ2) is 9.75. The summed E-state index contributed by atoms with van der Waals surface area (Å²) >= 11 is 0. The fourth-order valence-corrected chi connectivity index (χ4v) is 7.66. The Labute approximate surface area is 234 Å². The average Bonchev–Trinajstić information content (AvgIpc) is 3.18. The zero-order valence-electron chi connectivity index (χ0n) is 23.7. The van der Waals surface area contributed by atoms with Gasteiger partial charge in [0.2, 0.25) is 0 Å². The van der Waals surface area contributed by atoms with E-state index in [-0.39, 0.29) is 46.5 Å². The molecule has 10 nitrogen and oxygen atoms in total. The predicted octanol–water partition coefficient (Wildman–Crippen LogP) is 1.01. The molecule has 1 heterocycles. The van der Waals surface area contributed by atoms with Crippen LogP contribution in [0.5, 0.6) is 11.5 Å². The zero-order chi connectivity index (χ0) is 29.4. The molecule has 1 fully saturated rings. The van der Waals surface area contributed by atoms with Gasteiger partial charge >= 0.3 is 208 Å². The summed E-state index contributed by atoms with van der Waals surface area (Å²) in [5.74, 6) is -3.65. The topological polar surface area (TPSA) is 157 Å². The van der Waals surface area contributed by atoms with Crippen LogP contribution in [0.25, 0.3) is 0 Å². The minimum absolute atomic E-state index is 0.0297. The number of phenols is 1. The Hall–Kier alpha value is -3.15. The Morgan fingerprint density at radius 3 is 2.40 bits per heavy atom. The molecule has 1 aliphatic heterocycles. The normalized spacial score (nSPS) is 32.3. The zero-order valence-corrected chi connectivity index (χ0v) is 23.7. The van der Waals surface area contributed by atoms with E-state index in [4.69, 9.17) is 10.5 Å². The number of hydrogen-bond acceptors (Lipinski definition) is 9. The van der Waals surface area contributed by atoms with E-state index in [1.54, 1.807) is 32.2 Å². The third kappa shape index (κ3) is 3.85. The summed E-state index contributed by atoms with van der Waals surface area (Å²) in [6, 6.07) is 1.42. The summed E-state index contributed by atoms with van der Waals surface area (Å²) in [4.78, 5) is 30.3. The van der Waals surface area contributed by atoms with E-state index in [1.165, 1.54) is 0 Å². The Bertz CT molecular complexity index is 1380. The molecule has 1 amide bonds. The maximum absolute atomic E-state index is 14.0. The van der Waals surface area contributed by atoms with Crippen molar-refractivity contribution >= 4 is 24.6 Å². The molecule has 1 aromatic rings. The number of carbonyl (C=O) groups is 2. The predicted molar refractivity (Wildman–Crippen MR) is 151 cm³/mol. The van der Waals surface area contributed by atoms with E-state index in [9.17, 15) is 30.0 Å². The monoisotopic (exact) mass is 551 g/mol. The Morgan fingerprint density at radius 2 is 1.85 bits per heavy atom. The van der Waals surface area contributed by atoms with E-state index < -0.39 is 40.9 Å². The molecule has 0 bridgehead atoms. The summed E-state index contributed by atoms with van der Waals surface area (Å²) in [5, 5.41) is 45.8. The van der Waals surface area contributed by atoms with Gasteiger partial charge < -0.3 is 0 Å². The fraction of sp³-hybridized carbons (Fsp3) is 0.552. The van der Waals surface area contributed by atoms with Gasteiger partial charge in [-0.25, -0.2) is 0 Å². The first-order valence-corrected chi connectivity index (χ1v) is 13.7. The van der Waals surface area contributed by atoms with Crippen LogP contribution in [0.1, 0.15) is 54.6 Å². The van der Waals surface area contributed by atoms with Crippen LogP contribution >= 0.6 is 0 Å². The number of methoxy groups -OCH3 is 1. The molecule has 11 heteroatoms. The first-order valence-electron chi connectivity index (χ1n) is 13.7. The van der Waals surface area contributed by atoms with Crippen molar-refractivity contribution in [3.63, 3.8) is 0 Å². The Kier molecular flexibility index (Phi) is 6.92. The first-order chi connectivity index (χ1) is 18.7. The van der Waals surface area contributed by atoms with Crippen molar-refractivity contribution in [3.05, 3.63) is 45.4 Å². The number of Topliss-reactive ketones (excluding diaryl/α,β-unsaturated/α-hetero) is 1. The van der Waals surface area contributed by atoms with Crippen molar-refractivity contribution in [3.8, 4) is 11.5 Å². The molecule has 5 rings (SSSR count). The number of likely N-dealkylation sites (tertiary alicyclic amines) is 1. The number of aliphatic hydroxyl groups excluding tert-OH is 2. The van der Waals surface area contributed by atoms with Crippen molar-refractivity contribution in [2.75, 3.05) is 21.2 Å². The van der Waals surface area contributed by atoms with Crippen molar-refractivity contribution in [2.24, 2.45) is 17.6 Å². The molecule has 40 heavy (non-hydrogen) atoms. The molecule has 1 aromatic carbocycles. The van der Waals surface area contributed by atoms with Gasteiger partial charge in [-0.1, -0.05) is 0 Å². The van der Waals surface area contributed by atoms with Gasteiger partial charge in [-0.2, -0.15) is 0 Å². The van der Waals surface area contributed by atoms with Crippen LogP contribution in [0.4, 0.5) is 0 Å². The fourth-order valence-electron chi connectivity index (χ4n) is 7.66. The molecule has 1 saturated heterocycles. The second-order valence-electron chi connectivity index (χ2n) is 12.0. The van der Waals surface area contributed by atoms with E-state index in [2.05, 4.69) is 26.2 Å². The van der Waals surface area contributed by atoms with E-state index in [0.717, 1.165) is 18.4 Å². The van der Waals surface area contributed by atoms with Crippen LogP contribution < -0.4 is 10.5 Å². The number of aliphatic hydroxyl groups is 3. The molecular weight excluding hydrogens is 513 g/mol. The van der Waals surface area contributed by atoms with Gasteiger partial charge in [-0.3, -0.25) is 0 Å². The van der Waals surface area contributed by atoms with Crippen LogP contribution in [0, 0.1) is 11.8 Å². The van der Waals surface area contributed by atoms with Gasteiger partial charge in [0.1, 0.15) is 0 Å². The summed E-state index contributed by atoms with van der Waals surface area (Å²) in [6.45, 7) is 4.90. The van der Waals surface area contributed by atoms with Gasteiger partial charge in [0.25, 0.3) is 0 Å². The number of rotatable bonds is 5. The van der Waals surface area contributed by atoms with Gasteiger partial charge in [-0.05, 0) is 26.7 Å². The average molecular weight is 551 g/mol. The number of carbonyl (C=O) groups excluding carboxylic acids is 2. The van der Waals surface area contributed by atoms with Crippen molar-refractivity contribution in [1.29, 1.82) is 0 Å². The molecule has 0 spiro atoms. The number of benzene rings is 1. The molecule has 214 valence electrons. The SMILES string of the molecule is B=C1C(C(N)=O)=C(O)[C@@H](N(C)C)[C@@H]2C[C@@H]3Cc4c(OC)c(CN5[C@H](C)CC[C@@H]5C)cc(O)c4C(=O)C3=C(O)[C@]12O. The summed E-state index contributed by atoms with van der Waals surface area (Å²) in [6.07, 6.45) is 2.61. The quantitative estimate of drug-likeness (QED) is 0.337. The van der Waals surface area contributed by atoms with Crippen LogP contribution in [-0.2, 0) is 17.8 Å². The third-order valence-electron chi connectivity index (χ3n) is 9.63. The molecular formula is C29H38BN3O7. The maximum atomic E-state index is 14.0. The van der Waals surface area contributed by atoms with Gasteiger partial charge in [0.15, 0.2) is 0 Å². The van der Waals surface area contributed by atoms with Crippen LogP contribution in [0.3, 0.4) is 0 Å². The van der Waals surface area contributed by atoms with E-state index in [1.807, 2.05) is 0 Å². The molecule has 0 unspecified atom stereocenters. The number of primary amides is 1. The van der Waals surface area contributed by atoms with Crippen molar-refractivity contribution in [1.82, 2.24) is 9.80 Å². The number of ketones is 1. The van der Waals surface area contributed by atoms with Gasteiger partial charge in [0, 0.05) is 0 Å². The number of nitrogens with zero attached hydrogens (tertiary/aromatic N) is 2. The summed E-state index contributed by atoms with van der Waals surface area (Å²) in [5.41, 5.74) is 4.02. The number of allylic oxidation sites excluding steroid dienone is 1. The Morgan fingerprint density at radius 1 is 1.23 bits per heavy atom. The number of aromatic hydroxyl groups is 1. The minimum atomic E-state index is -2.22. The van der Waals surface area contributed by atoms with Gasteiger partial charge in [0.05, 0.1) is 0 Å². The van der Waals surface area contributed by atoms with Crippen molar-refractivity contribution in [2.45, 2.75) is 69.8 Å². The number of phenolic OH excluding ortho intramolecular Hbond substituents is 1. The van der Waals surface area contributed by atoms with E-state index in [0.29, 0.717) is 29.9 Å². The molecule has 6 atom stereocenters. The number of ether oxygens (including phenoxy) is 1. The molecule has 0 saturated carbocycles. The Balaban J connectivity index is 1.65. The van der Waals surface area contributed by atoms with Crippen molar-refractivity contribution < 1.29 is 34.8 Å². The standard InChI is InChI=1S/C29H38BN3O7/c1-12-6-7-13(2)33(12)11-15-10-18(34)20-16(25(15)40-5)8-14-9-17-22(32(3)4)24(36)21(28(31)38)26(30)29(17,39)27(37)19(14)23(20)35/h10,12-14,17,22,30,34,36-37,39H,6-9,11H2,1-5H3,(H2,31,38)/t12-,13+,14-,17-,22-,29+/m0/s1. The molecule has 3 aliphatic carbocycles. The number of fused-ring (bicyclic) bond motifs is 3. The van der Waals surface area contributed by atoms with E-state index >= 15 is 0 Å². The van der Waals surface area contributed by atoms with Crippen LogP contribution in [0.15, 0.2) is 28.7 Å². The number of likely N-dealkylation sites (N-methyl/N-ethyl adjacent to an activating group) is 1. The molecule has 0 aromatic heterocycles.